The topological polar surface area (TPSA) is 81.5 Å². The Hall–Kier alpha value is -3.62. The van der Waals surface area contributed by atoms with Crippen LogP contribution < -0.4 is 9.47 Å². The van der Waals surface area contributed by atoms with Crippen LogP contribution in [0.3, 0.4) is 0 Å². The number of halogens is 3. The molecule has 1 N–H and O–H groups in total. The molecule has 1 aliphatic carbocycles. The predicted octanol–water partition coefficient (Wildman–Crippen LogP) is 4.94. The Morgan fingerprint density at radius 1 is 1.16 bits per heavy atom. The van der Waals surface area contributed by atoms with E-state index in [1.807, 2.05) is 6.07 Å². The maximum Gasteiger partial charge on any atom is 0.416 e. The number of alkyl halides is 3. The summed E-state index contributed by atoms with van der Waals surface area (Å²) in [6.07, 6.45) is -0.658. The van der Waals surface area contributed by atoms with Crippen molar-refractivity contribution in [3.05, 3.63) is 71.7 Å². The SMILES string of the molecule is COc1ccc(-c2cncc(COc3ccc(C(F)(F)F)cc3)c2)nc1C1CC1C(=O)O. The molecule has 0 amide bonds. The standard InChI is InChI=1S/C23H19F3N2O4/c1-31-20-7-6-19(28-21(20)17-9-18(17)22(29)30)14-8-13(10-27-11-14)12-32-16-4-2-15(3-5-16)23(24,25)26/h2-8,10-11,17-18H,9,12H2,1H3,(H,29,30). The van der Waals surface area contributed by atoms with E-state index in [2.05, 4.69) is 9.97 Å². The number of carboxylic acid groups (broad SMARTS) is 1. The number of carbonyl (C=O) groups is 1. The van der Waals surface area contributed by atoms with Gasteiger partial charge in [0.15, 0.2) is 0 Å². The van der Waals surface area contributed by atoms with Gasteiger partial charge in [0.1, 0.15) is 18.1 Å². The molecule has 0 radical (unpaired) electrons. The average molecular weight is 444 g/mol. The highest BCUT2D eigenvalue weighted by Crippen LogP contribution is 2.50. The minimum atomic E-state index is -4.40. The molecular weight excluding hydrogens is 425 g/mol. The zero-order chi connectivity index (χ0) is 22.9. The van der Waals surface area contributed by atoms with Crippen molar-refractivity contribution in [1.29, 1.82) is 0 Å². The molecule has 166 valence electrons. The highest BCUT2D eigenvalue weighted by Gasteiger charge is 2.46. The van der Waals surface area contributed by atoms with Crippen LogP contribution in [-0.4, -0.2) is 28.2 Å². The van der Waals surface area contributed by atoms with Gasteiger partial charge in [-0.25, -0.2) is 4.98 Å². The third-order valence-electron chi connectivity index (χ3n) is 5.24. The van der Waals surface area contributed by atoms with Gasteiger partial charge >= 0.3 is 12.1 Å². The molecule has 3 aromatic rings. The van der Waals surface area contributed by atoms with Crippen molar-refractivity contribution >= 4 is 5.97 Å². The number of aliphatic carboxylic acids is 1. The third kappa shape index (κ3) is 4.66. The molecule has 9 heteroatoms. The zero-order valence-corrected chi connectivity index (χ0v) is 17.0. The number of ether oxygens (including phenoxy) is 2. The molecule has 2 unspecified atom stereocenters. The summed E-state index contributed by atoms with van der Waals surface area (Å²) in [5.41, 5.74) is 1.88. The number of hydrogen-bond donors (Lipinski definition) is 1. The van der Waals surface area contributed by atoms with E-state index in [4.69, 9.17) is 9.47 Å². The summed E-state index contributed by atoms with van der Waals surface area (Å²) in [6.45, 7) is 0.110. The van der Waals surface area contributed by atoms with E-state index in [1.54, 1.807) is 24.5 Å². The quantitative estimate of drug-likeness (QED) is 0.556. The third-order valence-corrected chi connectivity index (χ3v) is 5.24. The Labute approximate surface area is 181 Å². The summed E-state index contributed by atoms with van der Waals surface area (Å²) in [5.74, 6) is -0.665. The lowest BCUT2D eigenvalue weighted by Crippen LogP contribution is -2.04. The van der Waals surface area contributed by atoms with Gasteiger partial charge in [0, 0.05) is 29.4 Å². The van der Waals surface area contributed by atoms with E-state index >= 15 is 0 Å². The van der Waals surface area contributed by atoms with E-state index in [0.29, 0.717) is 40.4 Å². The lowest BCUT2D eigenvalue weighted by molar-refractivity contribution is -0.139. The van der Waals surface area contributed by atoms with Crippen LogP contribution in [0.1, 0.15) is 29.2 Å². The second-order valence-electron chi connectivity index (χ2n) is 7.46. The monoisotopic (exact) mass is 444 g/mol. The minimum absolute atomic E-state index is 0.110. The molecule has 32 heavy (non-hydrogen) atoms. The van der Waals surface area contributed by atoms with Crippen LogP contribution in [-0.2, 0) is 17.6 Å². The Balaban J connectivity index is 1.50. The van der Waals surface area contributed by atoms with Crippen molar-refractivity contribution in [1.82, 2.24) is 9.97 Å². The summed E-state index contributed by atoms with van der Waals surface area (Å²) in [6, 6.07) is 9.80. The van der Waals surface area contributed by atoms with Crippen LogP contribution in [0.4, 0.5) is 13.2 Å². The number of benzene rings is 1. The van der Waals surface area contributed by atoms with Gasteiger partial charge in [0.25, 0.3) is 0 Å². The number of aromatic nitrogens is 2. The maximum absolute atomic E-state index is 12.7. The number of nitrogens with zero attached hydrogens (tertiary/aromatic N) is 2. The van der Waals surface area contributed by atoms with Gasteiger partial charge in [-0.1, -0.05) is 0 Å². The van der Waals surface area contributed by atoms with Crippen LogP contribution in [0.2, 0.25) is 0 Å². The van der Waals surface area contributed by atoms with Crippen LogP contribution >= 0.6 is 0 Å². The molecule has 2 aromatic heterocycles. The molecule has 1 fully saturated rings. The second-order valence-corrected chi connectivity index (χ2v) is 7.46. The van der Waals surface area contributed by atoms with Gasteiger partial charge < -0.3 is 14.6 Å². The fourth-order valence-electron chi connectivity index (χ4n) is 3.44. The molecule has 0 spiro atoms. The number of hydrogen-bond acceptors (Lipinski definition) is 5. The Kier molecular flexibility index (Phi) is 5.73. The molecule has 6 nitrogen and oxygen atoms in total. The lowest BCUT2D eigenvalue weighted by atomic mass is 10.1. The summed E-state index contributed by atoms with van der Waals surface area (Å²) >= 11 is 0. The Morgan fingerprint density at radius 2 is 1.91 bits per heavy atom. The average Bonchev–Trinajstić information content (AvgIpc) is 3.58. The van der Waals surface area contributed by atoms with E-state index in [0.717, 1.165) is 12.1 Å². The first-order valence-electron chi connectivity index (χ1n) is 9.78. The summed E-state index contributed by atoms with van der Waals surface area (Å²) in [7, 11) is 1.51. The largest absolute Gasteiger partial charge is 0.495 e. The highest BCUT2D eigenvalue weighted by molar-refractivity contribution is 5.75. The number of carboxylic acids is 1. The van der Waals surface area contributed by atoms with Crippen LogP contribution in [0, 0.1) is 5.92 Å². The highest BCUT2D eigenvalue weighted by atomic mass is 19.4. The van der Waals surface area contributed by atoms with E-state index in [9.17, 15) is 23.1 Å². The van der Waals surface area contributed by atoms with Gasteiger partial charge in [-0.2, -0.15) is 13.2 Å². The molecule has 4 rings (SSSR count). The molecule has 0 saturated heterocycles. The van der Waals surface area contributed by atoms with Crippen LogP contribution in [0.5, 0.6) is 11.5 Å². The zero-order valence-electron chi connectivity index (χ0n) is 17.0. The Morgan fingerprint density at radius 3 is 2.53 bits per heavy atom. The summed E-state index contributed by atoms with van der Waals surface area (Å²) < 4.78 is 49.0. The van der Waals surface area contributed by atoms with Crippen molar-refractivity contribution in [2.45, 2.75) is 25.1 Å². The molecule has 2 heterocycles. The van der Waals surface area contributed by atoms with Gasteiger partial charge in [-0.05, 0) is 48.9 Å². The molecular formula is C23H19F3N2O4. The van der Waals surface area contributed by atoms with Gasteiger partial charge in [0.2, 0.25) is 0 Å². The molecule has 0 bridgehead atoms. The number of pyridine rings is 2. The van der Waals surface area contributed by atoms with Crippen molar-refractivity contribution in [2.75, 3.05) is 7.11 Å². The van der Waals surface area contributed by atoms with Crippen molar-refractivity contribution in [3.63, 3.8) is 0 Å². The molecule has 1 saturated carbocycles. The van der Waals surface area contributed by atoms with Gasteiger partial charge in [0.05, 0.1) is 30.0 Å². The van der Waals surface area contributed by atoms with Crippen molar-refractivity contribution < 1.29 is 32.5 Å². The molecule has 2 atom stereocenters. The lowest BCUT2D eigenvalue weighted by Gasteiger charge is -2.11. The molecule has 0 aliphatic heterocycles. The minimum Gasteiger partial charge on any atom is -0.495 e. The van der Waals surface area contributed by atoms with Gasteiger partial charge in [-0.15, -0.1) is 0 Å². The summed E-state index contributed by atoms with van der Waals surface area (Å²) in [5, 5.41) is 9.23. The maximum atomic E-state index is 12.7. The first-order chi connectivity index (χ1) is 15.3. The summed E-state index contributed by atoms with van der Waals surface area (Å²) in [4.78, 5) is 20.1. The van der Waals surface area contributed by atoms with E-state index < -0.39 is 23.6 Å². The first kappa shape index (κ1) is 21.6. The fraction of sp³-hybridized carbons (Fsp3) is 0.261. The predicted molar refractivity (Wildman–Crippen MR) is 108 cm³/mol. The second kappa shape index (κ2) is 8.49. The van der Waals surface area contributed by atoms with Gasteiger partial charge in [-0.3, -0.25) is 9.78 Å². The number of rotatable bonds is 7. The van der Waals surface area contributed by atoms with Crippen LogP contribution in [0.25, 0.3) is 11.3 Å². The Bertz CT molecular complexity index is 1130. The normalized spacial score (nSPS) is 17.6. The van der Waals surface area contributed by atoms with Crippen molar-refractivity contribution in [3.8, 4) is 22.8 Å². The fourth-order valence-corrected chi connectivity index (χ4v) is 3.44. The van der Waals surface area contributed by atoms with E-state index in [-0.39, 0.29) is 12.5 Å². The smallest absolute Gasteiger partial charge is 0.416 e. The van der Waals surface area contributed by atoms with Crippen LogP contribution in [0.15, 0.2) is 54.9 Å². The molecule has 1 aromatic carbocycles. The number of methoxy groups -OCH3 is 1. The first-order valence-corrected chi connectivity index (χ1v) is 9.78. The molecule has 1 aliphatic rings. The van der Waals surface area contributed by atoms with Crippen molar-refractivity contribution in [2.24, 2.45) is 5.92 Å². The van der Waals surface area contributed by atoms with E-state index in [1.165, 1.54) is 19.2 Å².